The summed E-state index contributed by atoms with van der Waals surface area (Å²) >= 11 is 0. The minimum atomic E-state index is 0.412. The number of aryl methyl sites for hydroxylation is 1. The van der Waals surface area contributed by atoms with E-state index in [2.05, 4.69) is 62.3 Å². The SMILES string of the molecule is CCC(CC)N(C)CC(NC)c1cccc(C)c1. The lowest BCUT2D eigenvalue weighted by molar-refractivity contribution is 0.209. The van der Waals surface area contributed by atoms with Gasteiger partial charge in [0.1, 0.15) is 0 Å². The van der Waals surface area contributed by atoms with E-state index in [1.54, 1.807) is 0 Å². The lowest BCUT2D eigenvalue weighted by Gasteiger charge is -2.30. The molecule has 102 valence electrons. The van der Waals surface area contributed by atoms with Crippen LogP contribution in [0.15, 0.2) is 24.3 Å². The third-order valence-electron chi connectivity index (χ3n) is 3.83. The van der Waals surface area contributed by atoms with E-state index < -0.39 is 0 Å². The van der Waals surface area contributed by atoms with Crippen LogP contribution in [0.25, 0.3) is 0 Å². The molecule has 2 nitrogen and oxygen atoms in total. The molecule has 1 rings (SSSR count). The van der Waals surface area contributed by atoms with Crippen LogP contribution in [0.1, 0.15) is 43.9 Å². The summed E-state index contributed by atoms with van der Waals surface area (Å²) in [6.07, 6.45) is 2.44. The number of benzene rings is 1. The van der Waals surface area contributed by atoms with E-state index in [0.29, 0.717) is 12.1 Å². The smallest absolute Gasteiger partial charge is 0.0446 e. The van der Waals surface area contributed by atoms with E-state index in [4.69, 9.17) is 0 Å². The van der Waals surface area contributed by atoms with Gasteiger partial charge in [0.05, 0.1) is 0 Å². The van der Waals surface area contributed by atoms with Crippen molar-refractivity contribution in [2.75, 3.05) is 20.6 Å². The molecule has 0 saturated heterocycles. The van der Waals surface area contributed by atoms with Gasteiger partial charge in [0.2, 0.25) is 0 Å². The second-order valence-corrected chi connectivity index (χ2v) is 5.17. The van der Waals surface area contributed by atoms with Crippen molar-refractivity contribution in [3.8, 4) is 0 Å². The molecule has 1 unspecified atom stereocenters. The molecular weight excluding hydrogens is 220 g/mol. The van der Waals surface area contributed by atoms with Gasteiger partial charge in [0, 0.05) is 18.6 Å². The van der Waals surface area contributed by atoms with Crippen LogP contribution in [0.4, 0.5) is 0 Å². The standard InChI is InChI=1S/C16H28N2/c1-6-15(7-2)18(5)12-16(17-4)14-10-8-9-13(3)11-14/h8-11,15-17H,6-7,12H2,1-5H3. The Hall–Kier alpha value is -0.860. The van der Waals surface area contributed by atoms with Crippen molar-refractivity contribution in [1.29, 1.82) is 0 Å². The zero-order valence-electron chi connectivity index (χ0n) is 12.5. The number of nitrogens with zero attached hydrogens (tertiary/aromatic N) is 1. The number of likely N-dealkylation sites (N-methyl/N-ethyl adjacent to an activating group) is 2. The molecule has 1 atom stereocenters. The maximum Gasteiger partial charge on any atom is 0.0446 e. The van der Waals surface area contributed by atoms with Gasteiger partial charge in [0.25, 0.3) is 0 Å². The van der Waals surface area contributed by atoms with Gasteiger partial charge in [-0.15, -0.1) is 0 Å². The van der Waals surface area contributed by atoms with E-state index in [-0.39, 0.29) is 0 Å². The monoisotopic (exact) mass is 248 g/mol. The number of nitrogens with one attached hydrogen (secondary N) is 1. The second-order valence-electron chi connectivity index (χ2n) is 5.17. The van der Waals surface area contributed by atoms with E-state index in [1.165, 1.54) is 24.0 Å². The fourth-order valence-electron chi connectivity index (χ4n) is 2.60. The van der Waals surface area contributed by atoms with Crippen LogP contribution in [-0.4, -0.2) is 31.6 Å². The van der Waals surface area contributed by atoms with Crippen molar-refractivity contribution in [1.82, 2.24) is 10.2 Å². The Balaban J connectivity index is 2.72. The van der Waals surface area contributed by atoms with Crippen LogP contribution in [0, 0.1) is 6.92 Å². The van der Waals surface area contributed by atoms with E-state index in [0.717, 1.165) is 6.54 Å². The molecule has 0 aliphatic carbocycles. The molecular formula is C16H28N2. The van der Waals surface area contributed by atoms with E-state index >= 15 is 0 Å². The summed E-state index contributed by atoms with van der Waals surface area (Å²) in [6, 6.07) is 9.89. The molecule has 0 fully saturated rings. The first kappa shape index (κ1) is 15.2. The highest BCUT2D eigenvalue weighted by molar-refractivity contribution is 5.25. The summed E-state index contributed by atoms with van der Waals surface area (Å²) in [6.45, 7) is 7.75. The van der Waals surface area contributed by atoms with Crippen LogP contribution >= 0.6 is 0 Å². The molecule has 0 aliphatic heterocycles. The topological polar surface area (TPSA) is 15.3 Å². The lowest BCUT2D eigenvalue weighted by Crippen LogP contribution is -2.37. The molecule has 0 bridgehead atoms. The zero-order chi connectivity index (χ0) is 13.5. The maximum absolute atomic E-state index is 3.44. The minimum absolute atomic E-state index is 0.412. The van der Waals surface area contributed by atoms with Crippen LogP contribution in [0.5, 0.6) is 0 Å². The number of rotatable bonds is 7. The molecule has 1 N–H and O–H groups in total. The number of hydrogen-bond acceptors (Lipinski definition) is 2. The Morgan fingerprint density at radius 3 is 2.39 bits per heavy atom. The summed E-state index contributed by atoms with van der Waals surface area (Å²) < 4.78 is 0. The summed E-state index contributed by atoms with van der Waals surface area (Å²) in [5, 5.41) is 3.44. The van der Waals surface area contributed by atoms with Gasteiger partial charge in [-0.05, 0) is 39.4 Å². The Labute approximate surface area is 112 Å². The average Bonchev–Trinajstić information content (AvgIpc) is 2.37. The fourth-order valence-corrected chi connectivity index (χ4v) is 2.60. The van der Waals surface area contributed by atoms with Gasteiger partial charge < -0.3 is 10.2 Å². The van der Waals surface area contributed by atoms with Gasteiger partial charge in [-0.1, -0.05) is 43.7 Å². The molecule has 1 aromatic carbocycles. The van der Waals surface area contributed by atoms with Gasteiger partial charge >= 0.3 is 0 Å². The summed E-state index contributed by atoms with van der Waals surface area (Å²) in [4.78, 5) is 2.48. The van der Waals surface area contributed by atoms with Crippen molar-refractivity contribution in [2.24, 2.45) is 0 Å². The third kappa shape index (κ3) is 4.11. The van der Waals surface area contributed by atoms with Crippen LogP contribution in [0.2, 0.25) is 0 Å². The third-order valence-corrected chi connectivity index (χ3v) is 3.83. The molecule has 0 radical (unpaired) electrons. The van der Waals surface area contributed by atoms with Gasteiger partial charge in [0.15, 0.2) is 0 Å². The normalized spacial score (nSPS) is 13.3. The maximum atomic E-state index is 3.44. The van der Waals surface area contributed by atoms with E-state index in [9.17, 15) is 0 Å². The zero-order valence-corrected chi connectivity index (χ0v) is 12.5. The lowest BCUT2D eigenvalue weighted by atomic mass is 10.0. The highest BCUT2D eigenvalue weighted by Gasteiger charge is 2.16. The molecule has 0 spiro atoms. The largest absolute Gasteiger partial charge is 0.312 e. The van der Waals surface area contributed by atoms with Crippen molar-refractivity contribution < 1.29 is 0 Å². The van der Waals surface area contributed by atoms with Crippen LogP contribution in [0.3, 0.4) is 0 Å². The predicted octanol–water partition coefficient (Wildman–Crippen LogP) is 3.38. The Morgan fingerprint density at radius 1 is 1.22 bits per heavy atom. The average molecular weight is 248 g/mol. The fraction of sp³-hybridized carbons (Fsp3) is 0.625. The first-order chi connectivity index (χ1) is 8.62. The second kappa shape index (κ2) is 7.55. The summed E-state index contributed by atoms with van der Waals surface area (Å²) in [5.74, 6) is 0. The molecule has 18 heavy (non-hydrogen) atoms. The predicted molar refractivity (Wildman–Crippen MR) is 80.0 cm³/mol. The highest BCUT2D eigenvalue weighted by Crippen LogP contribution is 2.17. The van der Waals surface area contributed by atoms with Crippen molar-refractivity contribution in [2.45, 2.75) is 45.7 Å². The highest BCUT2D eigenvalue weighted by atomic mass is 15.1. The van der Waals surface area contributed by atoms with Crippen molar-refractivity contribution in [3.63, 3.8) is 0 Å². The van der Waals surface area contributed by atoms with Crippen molar-refractivity contribution in [3.05, 3.63) is 35.4 Å². The van der Waals surface area contributed by atoms with Crippen LogP contribution < -0.4 is 5.32 Å². The molecule has 0 aromatic heterocycles. The first-order valence-corrected chi connectivity index (χ1v) is 7.06. The molecule has 1 aromatic rings. The number of hydrogen-bond donors (Lipinski definition) is 1. The Kier molecular flexibility index (Phi) is 6.37. The minimum Gasteiger partial charge on any atom is -0.312 e. The quantitative estimate of drug-likeness (QED) is 0.796. The van der Waals surface area contributed by atoms with Crippen LogP contribution in [-0.2, 0) is 0 Å². The van der Waals surface area contributed by atoms with Gasteiger partial charge in [-0.2, -0.15) is 0 Å². The first-order valence-electron chi connectivity index (χ1n) is 7.06. The molecule has 0 aliphatic rings. The summed E-state index contributed by atoms with van der Waals surface area (Å²) in [7, 11) is 4.28. The molecule has 2 heteroatoms. The van der Waals surface area contributed by atoms with Gasteiger partial charge in [-0.25, -0.2) is 0 Å². The van der Waals surface area contributed by atoms with E-state index in [1.807, 2.05) is 7.05 Å². The summed E-state index contributed by atoms with van der Waals surface area (Å²) in [5.41, 5.74) is 2.72. The Morgan fingerprint density at radius 2 is 1.89 bits per heavy atom. The molecule has 0 amide bonds. The van der Waals surface area contributed by atoms with Crippen molar-refractivity contribution >= 4 is 0 Å². The molecule has 0 saturated carbocycles. The van der Waals surface area contributed by atoms with Gasteiger partial charge in [-0.3, -0.25) is 0 Å². The Bertz CT molecular complexity index is 345. The molecule has 0 heterocycles.